The van der Waals surface area contributed by atoms with E-state index in [2.05, 4.69) is 30.8 Å². The maximum absolute atomic E-state index is 11.2. The Kier molecular flexibility index (Phi) is 3.61. The lowest BCUT2D eigenvalue weighted by atomic mass is 10.3. The second-order valence-corrected chi connectivity index (χ2v) is 2.76. The van der Waals surface area contributed by atoms with Gasteiger partial charge in [0.25, 0.3) is 0 Å². The van der Waals surface area contributed by atoms with Crippen molar-refractivity contribution in [3.05, 3.63) is 0 Å². The second kappa shape index (κ2) is 4.94. The number of hydrogen-bond donors (Lipinski definition) is 3. The molecule has 0 bridgehead atoms. The van der Waals surface area contributed by atoms with E-state index in [9.17, 15) is 4.79 Å². The van der Waals surface area contributed by atoms with Gasteiger partial charge in [-0.2, -0.15) is 5.10 Å². The van der Waals surface area contributed by atoms with Gasteiger partial charge in [-0.05, 0) is 23.7 Å². The molecule has 1 rings (SSSR count). The highest BCUT2D eigenvalue weighted by molar-refractivity contribution is 5.91. The number of carbonyl (C=O) groups is 1. The molecule has 0 unspecified atom stereocenters. The third kappa shape index (κ3) is 3.25. The van der Waals surface area contributed by atoms with E-state index in [0.29, 0.717) is 0 Å². The maximum atomic E-state index is 11.2. The number of nitrogens with two attached hydrogens (primary N) is 1. The summed E-state index contributed by atoms with van der Waals surface area (Å²) in [6, 6.07) is -0.551. The Morgan fingerprint density at radius 2 is 2.33 bits per heavy atom. The minimum Gasteiger partial charge on any atom is -0.378 e. The lowest BCUT2D eigenvalue weighted by Crippen LogP contribution is -2.25. The Balaban J connectivity index is 2.47. The van der Waals surface area contributed by atoms with E-state index >= 15 is 0 Å². The SMILES string of the molecule is CCC(C)=NNC(=O)Nc1nonc1N. The topological polar surface area (TPSA) is 118 Å². The van der Waals surface area contributed by atoms with Crippen molar-refractivity contribution in [3.8, 4) is 0 Å². The van der Waals surface area contributed by atoms with Gasteiger partial charge >= 0.3 is 6.03 Å². The zero-order valence-corrected chi connectivity index (χ0v) is 8.44. The number of anilines is 2. The Hall–Kier alpha value is -2.12. The molecule has 0 saturated carbocycles. The van der Waals surface area contributed by atoms with Crippen molar-refractivity contribution >= 4 is 23.4 Å². The highest BCUT2D eigenvalue weighted by atomic mass is 16.6. The largest absolute Gasteiger partial charge is 0.378 e. The molecule has 0 aliphatic carbocycles. The molecule has 0 saturated heterocycles. The van der Waals surface area contributed by atoms with E-state index in [4.69, 9.17) is 5.73 Å². The molecule has 0 fully saturated rings. The first-order valence-electron chi connectivity index (χ1n) is 4.31. The van der Waals surface area contributed by atoms with Crippen molar-refractivity contribution in [2.24, 2.45) is 5.10 Å². The Bertz CT molecular complexity index is 371. The van der Waals surface area contributed by atoms with E-state index < -0.39 is 6.03 Å². The molecule has 0 spiro atoms. The van der Waals surface area contributed by atoms with Crippen molar-refractivity contribution < 1.29 is 9.42 Å². The number of carbonyl (C=O) groups excluding carboxylic acids is 1. The van der Waals surface area contributed by atoms with Gasteiger partial charge in [0.05, 0.1) is 0 Å². The van der Waals surface area contributed by atoms with Crippen LogP contribution in [0.1, 0.15) is 20.3 Å². The summed E-state index contributed by atoms with van der Waals surface area (Å²) in [5.74, 6) is 0.0817. The number of hydrazone groups is 1. The molecule has 15 heavy (non-hydrogen) atoms. The normalized spacial score (nSPS) is 11.2. The molecule has 1 heterocycles. The van der Waals surface area contributed by atoms with Crippen molar-refractivity contribution in [2.45, 2.75) is 20.3 Å². The van der Waals surface area contributed by atoms with Crippen molar-refractivity contribution in [3.63, 3.8) is 0 Å². The highest BCUT2D eigenvalue weighted by Crippen LogP contribution is 2.09. The van der Waals surface area contributed by atoms with Crippen LogP contribution in [0, 0.1) is 0 Å². The zero-order valence-electron chi connectivity index (χ0n) is 8.44. The number of urea groups is 1. The third-order valence-electron chi connectivity index (χ3n) is 1.61. The summed E-state index contributed by atoms with van der Waals surface area (Å²) in [6.45, 7) is 3.73. The van der Waals surface area contributed by atoms with Crippen LogP contribution < -0.4 is 16.5 Å². The molecule has 1 aromatic heterocycles. The molecule has 0 aliphatic heterocycles. The summed E-state index contributed by atoms with van der Waals surface area (Å²) < 4.78 is 4.29. The number of amides is 2. The van der Waals surface area contributed by atoms with Gasteiger partial charge in [0.15, 0.2) is 0 Å². The van der Waals surface area contributed by atoms with Crippen LogP contribution in [0.3, 0.4) is 0 Å². The standard InChI is InChI=1S/C7H12N6O2/c1-3-4(2)10-11-7(14)9-6-5(8)12-15-13-6/h3H2,1-2H3,(H2,8,12)(H2,9,11,13,14). The van der Waals surface area contributed by atoms with Gasteiger partial charge < -0.3 is 5.73 Å². The fourth-order valence-corrected chi connectivity index (χ4v) is 0.643. The fourth-order valence-electron chi connectivity index (χ4n) is 0.643. The van der Waals surface area contributed by atoms with Crippen LogP contribution >= 0.6 is 0 Å². The number of hydrogen-bond acceptors (Lipinski definition) is 6. The maximum Gasteiger partial charge on any atom is 0.340 e. The molecule has 0 radical (unpaired) electrons. The summed E-state index contributed by atoms with van der Waals surface area (Å²) in [7, 11) is 0. The quantitative estimate of drug-likeness (QED) is 0.499. The average Bonchev–Trinajstić information content (AvgIpc) is 2.61. The molecule has 0 aliphatic rings. The smallest absolute Gasteiger partial charge is 0.340 e. The van der Waals surface area contributed by atoms with Gasteiger partial charge in [-0.1, -0.05) is 6.92 Å². The Morgan fingerprint density at radius 1 is 1.60 bits per heavy atom. The first-order valence-corrected chi connectivity index (χ1v) is 4.31. The number of nitrogens with one attached hydrogen (secondary N) is 2. The van der Waals surface area contributed by atoms with E-state index in [1.54, 1.807) is 6.92 Å². The van der Waals surface area contributed by atoms with Crippen molar-refractivity contribution in [2.75, 3.05) is 11.1 Å². The number of rotatable bonds is 3. The van der Waals surface area contributed by atoms with Gasteiger partial charge in [-0.25, -0.2) is 14.8 Å². The molecule has 1 aromatic rings. The summed E-state index contributed by atoms with van der Waals surface area (Å²) in [6.07, 6.45) is 0.758. The Labute approximate surface area is 85.9 Å². The predicted octanol–water partition coefficient (Wildman–Crippen LogP) is 0.559. The Morgan fingerprint density at radius 3 is 2.87 bits per heavy atom. The van der Waals surface area contributed by atoms with Crippen LogP contribution in [0.5, 0.6) is 0 Å². The van der Waals surface area contributed by atoms with Crippen molar-refractivity contribution in [1.82, 2.24) is 15.7 Å². The molecule has 8 heteroatoms. The van der Waals surface area contributed by atoms with Gasteiger partial charge in [0, 0.05) is 5.71 Å². The van der Waals surface area contributed by atoms with Crippen LogP contribution in [0.25, 0.3) is 0 Å². The van der Waals surface area contributed by atoms with Crippen LogP contribution in [0.4, 0.5) is 16.4 Å². The van der Waals surface area contributed by atoms with Crippen LogP contribution in [0.15, 0.2) is 9.73 Å². The average molecular weight is 212 g/mol. The lowest BCUT2D eigenvalue weighted by molar-refractivity contribution is 0.252. The van der Waals surface area contributed by atoms with Crippen molar-refractivity contribution in [1.29, 1.82) is 0 Å². The van der Waals surface area contributed by atoms with E-state index in [-0.39, 0.29) is 11.6 Å². The summed E-state index contributed by atoms with van der Waals surface area (Å²) in [4.78, 5) is 11.2. The molecular weight excluding hydrogens is 200 g/mol. The number of nitrogen functional groups attached to an aromatic ring is 1. The molecule has 8 nitrogen and oxygen atoms in total. The number of nitrogens with zero attached hydrogens (tertiary/aromatic N) is 3. The molecule has 0 aromatic carbocycles. The molecule has 4 N–H and O–H groups in total. The van der Waals surface area contributed by atoms with Crippen LogP contribution in [0.2, 0.25) is 0 Å². The van der Waals surface area contributed by atoms with Gasteiger partial charge in [-0.15, -0.1) is 0 Å². The van der Waals surface area contributed by atoms with Gasteiger partial charge in [0.2, 0.25) is 11.6 Å². The highest BCUT2D eigenvalue weighted by Gasteiger charge is 2.08. The molecular formula is C7H12N6O2. The minimum absolute atomic E-state index is 0.0151. The van der Waals surface area contributed by atoms with E-state index in [1.807, 2.05) is 6.92 Å². The molecule has 2 amide bonds. The first kappa shape index (κ1) is 11.0. The zero-order chi connectivity index (χ0) is 11.3. The molecule has 82 valence electrons. The number of aromatic nitrogens is 2. The predicted molar refractivity (Wildman–Crippen MR) is 54.3 cm³/mol. The van der Waals surface area contributed by atoms with Gasteiger partial charge in [-0.3, -0.25) is 5.32 Å². The summed E-state index contributed by atoms with van der Waals surface area (Å²) in [5.41, 5.74) is 8.40. The first-order chi connectivity index (χ1) is 7.13. The second-order valence-electron chi connectivity index (χ2n) is 2.76. The van der Waals surface area contributed by atoms with Crippen LogP contribution in [-0.2, 0) is 0 Å². The minimum atomic E-state index is -0.551. The van der Waals surface area contributed by atoms with Gasteiger partial charge in [0.1, 0.15) is 0 Å². The molecule has 0 atom stereocenters. The fraction of sp³-hybridized carbons (Fsp3) is 0.429. The van der Waals surface area contributed by atoms with Crippen LogP contribution in [-0.4, -0.2) is 22.1 Å². The third-order valence-corrected chi connectivity index (χ3v) is 1.61. The van der Waals surface area contributed by atoms with E-state index in [1.165, 1.54) is 0 Å². The summed E-state index contributed by atoms with van der Waals surface area (Å²) >= 11 is 0. The lowest BCUT2D eigenvalue weighted by Gasteiger charge is -2.00. The monoisotopic (exact) mass is 212 g/mol. The van der Waals surface area contributed by atoms with E-state index in [0.717, 1.165) is 12.1 Å². The summed E-state index contributed by atoms with van der Waals surface area (Å²) in [5, 5.41) is 12.8.